The summed E-state index contributed by atoms with van der Waals surface area (Å²) >= 11 is 0. The van der Waals surface area contributed by atoms with Gasteiger partial charge in [-0.3, -0.25) is 9.59 Å². The van der Waals surface area contributed by atoms with Crippen LogP contribution in [0.3, 0.4) is 0 Å². The van der Waals surface area contributed by atoms with E-state index in [2.05, 4.69) is 16.0 Å². The van der Waals surface area contributed by atoms with Gasteiger partial charge in [0.25, 0.3) is 5.91 Å². The second-order valence-electron chi connectivity index (χ2n) is 7.82. The van der Waals surface area contributed by atoms with Crippen LogP contribution >= 0.6 is 0 Å². The van der Waals surface area contributed by atoms with Gasteiger partial charge in [-0.25, -0.2) is 0 Å². The molecule has 136 valence electrons. The molecule has 5 heteroatoms. The second kappa shape index (κ2) is 7.56. The predicted molar refractivity (Wildman–Crippen MR) is 98.4 cm³/mol. The number of piperidine rings is 1. The third-order valence-electron chi connectivity index (χ3n) is 5.44. The van der Waals surface area contributed by atoms with Crippen molar-refractivity contribution < 1.29 is 9.59 Å². The van der Waals surface area contributed by atoms with E-state index in [0.29, 0.717) is 17.6 Å². The lowest BCUT2D eigenvalue weighted by atomic mass is 9.97. The Morgan fingerprint density at radius 2 is 1.76 bits per heavy atom. The summed E-state index contributed by atoms with van der Waals surface area (Å²) in [6, 6.07) is 8.21. The van der Waals surface area contributed by atoms with Crippen LogP contribution in [0.15, 0.2) is 24.3 Å². The number of nitrogens with one attached hydrogen (secondary N) is 3. The zero-order valence-electron chi connectivity index (χ0n) is 15.3. The van der Waals surface area contributed by atoms with Gasteiger partial charge in [-0.05, 0) is 50.2 Å². The maximum atomic E-state index is 12.8. The van der Waals surface area contributed by atoms with E-state index >= 15 is 0 Å². The van der Waals surface area contributed by atoms with Crippen molar-refractivity contribution in [3.8, 4) is 0 Å². The highest BCUT2D eigenvalue weighted by Crippen LogP contribution is 2.26. The molecule has 1 aromatic rings. The fourth-order valence-electron chi connectivity index (χ4n) is 4.05. The average molecular weight is 343 g/mol. The molecule has 2 amide bonds. The number of benzene rings is 1. The molecule has 2 aliphatic rings. The highest BCUT2D eigenvalue weighted by molar-refractivity contribution is 5.98. The molecule has 0 aromatic heterocycles. The largest absolute Gasteiger partial charge is 0.351 e. The summed E-state index contributed by atoms with van der Waals surface area (Å²) in [7, 11) is 0. The van der Waals surface area contributed by atoms with Gasteiger partial charge in [0.1, 0.15) is 6.04 Å². The summed E-state index contributed by atoms with van der Waals surface area (Å²) in [5, 5.41) is 9.70. The molecule has 2 fully saturated rings. The topological polar surface area (TPSA) is 70.2 Å². The standard InChI is InChI=1S/C20H29N3O2/c1-12(2)18(23-19(24)17-7-5-4-6-13(17)3)20(25)22-16-10-14-8-9-15(11-16)21-14/h4-7,12,14-16,18,21H,8-11H2,1-3H3,(H,22,25)(H,23,24). The summed E-state index contributed by atoms with van der Waals surface area (Å²) < 4.78 is 0. The molecule has 3 unspecified atom stereocenters. The van der Waals surface area contributed by atoms with Crippen LogP contribution in [0.2, 0.25) is 0 Å². The molecular formula is C20H29N3O2. The molecule has 5 nitrogen and oxygen atoms in total. The van der Waals surface area contributed by atoms with Gasteiger partial charge in [-0.2, -0.15) is 0 Å². The van der Waals surface area contributed by atoms with E-state index in [1.165, 1.54) is 12.8 Å². The Morgan fingerprint density at radius 3 is 2.36 bits per heavy atom. The summed E-state index contributed by atoms with van der Waals surface area (Å²) in [4.78, 5) is 25.4. The fraction of sp³-hybridized carbons (Fsp3) is 0.600. The quantitative estimate of drug-likeness (QED) is 0.767. The van der Waals surface area contributed by atoms with Crippen LogP contribution in [-0.2, 0) is 4.79 Å². The first-order valence-corrected chi connectivity index (χ1v) is 9.37. The first-order chi connectivity index (χ1) is 11.9. The zero-order chi connectivity index (χ0) is 18.0. The van der Waals surface area contributed by atoms with E-state index < -0.39 is 6.04 Å². The van der Waals surface area contributed by atoms with E-state index in [-0.39, 0.29) is 23.8 Å². The van der Waals surface area contributed by atoms with Crippen LogP contribution in [0.4, 0.5) is 0 Å². The monoisotopic (exact) mass is 343 g/mol. The van der Waals surface area contributed by atoms with Gasteiger partial charge in [-0.1, -0.05) is 32.0 Å². The van der Waals surface area contributed by atoms with Gasteiger partial charge in [-0.15, -0.1) is 0 Å². The fourth-order valence-corrected chi connectivity index (χ4v) is 4.05. The summed E-state index contributed by atoms with van der Waals surface area (Å²) in [6.07, 6.45) is 4.38. The average Bonchev–Trinajstić information content (AvgIpc) is 2.91. The molecule has 0 radical (unpaired) electrons. The highest BCUT2D eigenvalue weighted by Gasteiger charge is 2.35. The molecule has 0 aliphatic carbocycles. The minimum atomic E-state index is -0.514. The van der Waals surface area contributed by atoms with Crippen molar-refractivity contribution in [2.75, 3.05) is 0 Å². The Morgan fingerprint density at radius 1 is 1.12 bits per heavy atom. The first kappa shape index (κ1) is 17.9. The molecule has 2 heterocycles. The van der Waals surface area contributed by atoms with Crippen LogP contribution in [-0.4, -0.2) is 36.0 Å². The number of fused-ring (bicyclic) bond motifs is 2. The SMILES string of the molecule is Cc1ccccc1C(=O)NC(C(=O)NC1CC2CCC(C1)N2)C(C)C. The number of aryl methyl sites for hydroxylation is 1. The Hall–Kier alpha value is -1.88. The van der Waals surface area contributed by atoms with Gasteiger partial charge in [0.15, 0.2) is 0 Å². The number of hydrogen-bond acceptors (Lipinski definition) is 3. The van der Waals surface area contributed by atoms with Gasteiger partial charge in [0, 0.05) is 23.7 Å². The van der Waals surface area contributed by atoms with Gasteiger partial charge < -0.3 is 16.0 Å². The van der Waals surface area contributed by atoms with Crippen molar-refractivity contribution in [3.05, 3.63) is 35.4 Å². The maximum absolute atomic E-state index is 12.8. The summed E-state index contributed by atoms with van der Waals surface area (Å²) in [5.74, 6) is -0.216. The van der Waals surface area contributed by atoms with Crippen molar-refractivity contribution in [3.63, 3.8) is 0 Å². The predicted octanol–water partition coefficient (Wildman–Crippen LogP) is 2.15. The molecule has 1 aromatic carbocycles. The van der Waals surface area contributed by atoms with E-state index in [1.807, 2.05) is 39.0 Å². The molecule has 3 N–H and O–H groups in total. The lowest BCUT2D eigenvalue weighted by Crippen LogP contribution is -2.55. The van der Waals surface area contributed by atoms with Crippen LogP contribution in [0.25, 0.3) is 0 Å². The van der Waals surface area contributed by atoms with Crippen molar-refractivity contribution in [1.82, 2.24) is 16.0 Å². The third kappa shape index (κ3) is 4.21. The van der Waals surface area contributed by atoms with Crippen molar-refractivity contribution in [2.24, 2.45) is 5.92 Å². The summed E-state index contributed by atoms with van der Waals surface area (Å²) in [5.41, 5.74) is 1.54. The highest BCUT2D eigenvalue weighted by atomic mass is 16.2. The normalized spacial score (nSPS) is 26.3. The van der Waals surface area contributed by atoms with Crippen LogP contribution in [0.1, 0.15) is 55.5 Å². The van der Waals surface area contributed by atoms with Gasteiger partial charge in [0.2, 0.25) is 5.91 Å². The van der Waals surface area contributed by atoms with E-state index in [4.69, 9.17) is 0 Å². The lowest BCUT2D eigenvalue weighted by molar-refractivity contribution is -0.124. The molecule has 0 saturated carbocycles. The zero-order valence-corrected chi connectivity index (χ0v) is 15.3. The van der Waals surface area contributed by atoms with Gasteiger partial charge >= 0.3 is 0 Å². The Balaban J connectivity index is 1.63. The van der Waals surface area contributed by atoms with E-state index in [1.54, 1.807) is 6.07 Å². The van der Waals surface area contributed by atoms with Crippen LogP contribution in [0, 0.1) is 12.8 Å². The minimum absolute atomic E-state index is 0.0337. The number of carbonyl (C=O) groups excluding carboxylic acids is 2. The molecule has 0 spiro atoms. The van der Waals surface area contributed by atoms with Crippen molar-refractivity contribution >= 4 is 11.8 Å². The number of carbonyl (C=O) groups is 2. The first-order valence-electron chi connectivity index (χ1n) is 9.37. The molecular weight excluding hydrogens is 314 g/mol. The molecule has 2 bridgehead atoms. The number of hydrogen-bond donors (Lipinski definition) is 3. The molecule has 3 atom stereocenters. The third-order valence-corrected chi connectivity index (χ3v) is 5.44. The molecule has 2 saturated heterocycles. The van der Waals surface area contributed by atoms with E-state index in [9.17, 15) is 9.59 Å². The van der Waals surface area contributed by atoms with Crippen LogP contribution in [0.5, 0.6) is 0 Å². The lowest BCUT2D eigenvalue weighted by Gasteiger charge is -2.31. The Bertz CT molecular complexity index is 632. The Labute approximate surface area is 150 Å². The summed E-state index contributed by atoms with van der Waals surface area (Å²) in [6.45, 7) is 5.84. The molecule has 25 heavy (non-hydrogen) atoms. The minimum Gasteiger partial charge on any atom is -0.351 e. The van der Waals surface area contributed by atoms with Crippen LogP contribution < -0.4 is 16.0 Å². The maximum Gasteiger partial charge on any atom is 0.252 e. The molecule has 3 rings (SSSR count). The number of amides is 2. The smallest absolute Gasteiger partial charge is 0.252 e. The second-order valence-corrected chi connectivity index (χ2v) is 7.82. The number of rotatable bonds is 5. The molecule has 2 aliphatic heterocycles. The van der Waals surface area contributed by atoms with Crippen molar-refractivity contribution in [1.29, 1.82) is 0 Å². The van der Waals surface area contributed by atoms with E-state index in [0.717, 1.165) is 18.4 Å². The Kier molecular flexibility index (Phi) is 5.42. The van der Waals surface area contributed by atoms with Crippen molar-refractivity contribution in [2.45, 2.75) is 70.6 Å². The van der Waals surface area contributed by atoms with Gasteiger partial charge in [0.05, 0.1) is 0 Å².